The van der Waals surface area contributed by atoms with Crippen LogP contribution in [0.25, 0.3) is 0 Å². The minimum Gasteiger partial charge on any atom is -0.496 e. The summed E-state index contributed by atoms with van der Waals surface area (Å²) in [5.41, 5.74) is 1.50. The van der Waals surface area contributed by atoms with Crippen molar-refractivity contribution >= 4 is 17.3 Å². The molecule has 0 saturated heterocycles. The van der Waals surface area contributed by atoms with Crippen LogP contribution in [-0.2, 0) is 0 Å². The number of rotatable bonds is 8. The first kappa shape index (κ1) is 20.4. The first-order valence-corrected chi connectivity index (χ1v) is 8.74. The number of aliphatic hydroxyl groups excluding tert-OH is 2. The molecule has 3 N–H and O–H groups in total. The van der Waals surface area contributed by atoms with Gasteiger partial charge < -0.3 is 25.0 Å². The molecule has 0 saturated carbocycles. The van der Waals surface area contributed by atoms with Gasteiger partial charge in [0.25, 0.3) is 0 Å². The second-order valence-corrected chi connectivity index (χ2v) is 7.33. The van der Waals surface area contributed by atoms with Crippen LogP contribution in [0.2, 0.25) is 5.02 Å². The van der Waals surface area contributed by atoms with Crippen molar-refractivity contribution in [2.75, 3.05) is 32.7 Å². The van der Waals surface area contributed by atoms with E-state index < -0.39 is 6.10 Å². The zero-order valence-corrected chi connectivity index (χ0v) is 16.3. The predicted molar refractivity (Wildman–Crippen MR) is 104 cm³/mol. The molecule has 142 valence electrons. The Labute approximate surface area is 159 Å². The van der Waals surface area contributed by atoms with Crippen LogP contribution >= 0.6 is 11.6 Å². The highest BCUT2D eigenvalue weighted by molar-refractivity contribution is 6.31. The first-order chi connectivity index (χ1) is 12.3. The van der Waals surface area contributed by atoms with Crippen LogP contribution in [0.5, 0.6) is 11.5 Å². The Morgan fingerprint density at radius 2 is 1.73 bits per heavy atom. The molecule has 5 nitrogen and oxygen atoms in total. The van der Waals surface area contributed by atoms with Crippen molar-refractivity contribution in [2.24, 2.45) is 5.41 Å². The van der Waals surface area contributed by atoms with Crippen LogP contribution in [-0.4, -0.2) is 37.6 Å². The second kappa shape index (κ2) is 8.62. The molecule has 0 aliphatic heterocycles. The van der Waals surface area contributed by atoms with Gasteiger partial charge in [0.15, 0.2) is 0 Å². The highest BCUT2D eigenvalue weighted by Gasteiger charge is 2.24. The Bertz CT molecular complexity index is 749. The molecule has 0 fully saturated rings. The minimum atomic E-state index is -0.960. The van der Waals surface area contributed by atoms with E-state index in [0.29, 0.717) is 39.9 Å². The lowest BCUT2D eigenvalue weighted by Gasteiger charge is -2.26. The number of halogens is 1. The van der Waals surface area contributed by atoms with Gasteiger partial charge in [-0.2, -0.15) is 0 Å². The Balaban J connectivity index is 2.50. The molecule has 6 heteroatoms. The maximum Gasteiger partial charge on any atom is 0.143 e. The molecule has 1 atom stereocenters. The highest BCUT2D eigenvalue weighted by atomic mass is 35.5. The molecule has 0 spiro atoms. The summed E-state index contributed by atoms with van der Waals surface area (Å²) in [4.78, 5) is 0. The number of ether oxygens (including phenoxy) is 2. The molecule has 0 bridgehead atoms. The third kappa shape index (κ3) is 4.61. The highest BCUT2D eigenvalue weighted by Crippen LogP contribution is 2.40. The minimum absolute atomic E-state index is 0.0281. The Morgan fingerprint density at radius 3 is 2.35 bits per heavy atom. The van der Waals surface area contributed by atoms with Gasteiger partial charge in [-0.05, 0) is 12.1 Å². The second-order valence-electron chi connectivity index (χ2n) is 6.89. The SMILES string of the molecule is COc1ccccc1C(O)c1cc(Cl)cc(OC)c1NCC(C)(C)CO. The number of aliphatic hydroxyl groups is 2. The van der Waals surface area contributed by atoms with Crippen LogP contribution in [0.1, 0.15) is 31.1 Å². The smallest absolute Gasteiger partial charge is 0.143 e. The van der Waals surface area contributed by atoms with Crippen molar-refractivity contribution in [3.05, 3.63) is 52.5 Å². The molecule has 1 unspecified atom stereocenters. The Hall–Kier alpha value is -1.95. The summed E-state index contributed by atoms with van der Waals surface area (Å²) in [5.74, 6) is 1.11. The molecular formula is C20H26ClNO4. The van der Waals surface area contributed by atoms with Crippen LogP contribution in [0.3, 0.4) is 0 Å². The molecule has 0 heterocycles. The van der Waals surface area contributed by atoms with E-state index in [4.69, 9.17) is 21.1 Å². The van der Waals surface area contributed by atoms with Gasteiger partial charge in [0.05, 0.1) is 19.9 Å². The number of benzene rings is 2. The van der Waals surface area contributed by atoms with Crippen molar-refractivity contribution < 1.29 is 19.7 Å². The van der Waals surface area contributed by atoms with E-state index in [1.54, 1.807) is 38.5 Å². The lowest BCUT2D eigenvalue weighted by Crippen LogP contribution is -2.27. The van der Waals surface area contributed by atoms with E-state index in [0.717, 1.165) is 0 Å². The summed E-state index contributed by atoms with van der Waals surface area (Å²) >= 11 is 6.23. The van der Waals surface area contributed by atoms with E-state index in [1.165, 1.54) is 0 Å². The topological polar surface area (TPSA) is 71.0 Å². The van der Waals surface area contributed by atoms with Crippen LogP contribution in [0, 0.1) is 5.41 Å². The van der Waals surface area contributed by atoms with Crippen LogP contribution in [0.15, 0.2) is 36.4 Å². The number of hydrogen-bond acceptors (Lipinski definition) is 5. The fourth-order valence-corrected chi connectivity index (χ4v) is 2.83. The van der Waals surface area contributed by atoms with Crippen molar-refractivity contribution in [3.63, 3.8) is 0 Å². The van der Waals surface area contributed by atoms with Gasteiger partial charge in [-0.15, -0.1) is 0 Å². The summed E-state index contributed by atoms with van der Waals surface area (Å²) in [6.07, 6.45) is -0.960. The van der Waals surface area contributed by atoms with Gasteiger partial charge in [-0.1, -0.05) is 43.6 Å². The molecule has 2 aromatic carbocycles. The van der Waals surface area contributed by atoms with E-state index in [-0.39, 0.29) is 12.0 Å². The van der Waals surface area contributed by atoms with E-state index >= 15 is 0 Å². The zero-order valence-electron chi connectivity index (χ0n) is 15.5. The van der Waals surface area contributed by atoms with Crippen LogP contribution < -0.4 is 14.8 Å². The number of para-hydroxylation sites is 1. The first-order valence-electron chi connectivity index (χ1n) is 8.36. The molecule has 0 aliphatic carbocycles. The fourth-order valence-electron chi connectivity index (χ4n) is 2.61. The summed E-state index contributed by atoms with van der Waals surface area (Å²) < 4.78 is 10.8. The zero-order chi connectivity index (χ0) is 19.3. The quantitative estimate of drug-likeness (QED) is 0.649. The molecule has 0 radical (unpaired) electrons. The summed E-state index contributed by atoms with van der Waals surface area (Å²) in [7, 11) is 3.11. The number of anilines is 1. The van der Waals surface area contributed by atoms with E-state index in [9.17, 15) is 10.2 Å². The maximum atomic E-state index is 11.0. The Kier molecular flexibility index (Phi) is 6.75. The van der Waals surface area contributed by atoms with Crippen molar-refractivity contribution in [3.8, 4) is 11.5 Å². The third-order valence-electron chi connectivity index (χ3n) is 4.22. The molecule has 0 aromatic heterocycles. The standard InChI is InChI=1S/C20H26ClNO4/c1-20(2,12-23)11-22-18-15(9-13(21)10-17(18)26-4)19(24)14-7-5-6-8-16(14)25-3/h5-10,19,22-24H,11-12H2,1-4H3. The van der Waals surface area contributed by atoms with Crippen molar-refractivity contribution in [1.29, 1.82) is 0 Å². The fraction of sp³-hybridized carbons (Fsp3) is 0.400. The Morgan fingerprint density at radius 1 is 1.08 bits per heavy atom. The number of hydrogen-bond donors (Lipinski definition) is 3. The average molecular weight is 380 g/mol. The molecule has 0 aliphatic rings. The summed E-state index contributed by atoms with van der Waals surface area (Å²) in [6, 6.07) is 10.7. The van der Waals surface area contributed by atoms with Crippen molar-refractivity contribution in [2.45, 2.75) is 20.0 Å². The van der Waals surface area contributed by atoms with E-state index in [2.05, 4.69) is 5.32 Å². The van der Waals surface area contributed by atoms with E-state index in [1.807, 2.05) is 26.0 Å². The third-order valence-corrected chi connectivity index (χ3v) is 4.44. The molecule has 2 aromatic rings. The molecular weight excluding hydrogens is 354 g/mol. The van der Waals surface area contributed by atoms with Gasteiger partial charge in [0, 0.05) is 40.8 Å². The van der Waals surface area contributed by atoms with Crippen molar-refractivity contribution in [1.82, 2.24) is 0 Å². The van der Waals surface area contributed by atoms with Crippen LogP contribution in [0.4, 0.5) is 5.69 Å². The average Bonchev–Trinajstić information content (AvgIpc) is 2.65. The normalized spacial score (nSPS) is 12.6. The molecule has 26 heavy (non-hydrogen) atoms. The van der Waals surface area contributed by atoms with Gasteiger partial charge in [-0.3, -0.25) is 0 Å². The lowest BCUT2D eigenvalue weighted by molar-refractivity contribution is 0.170. The monoisotopic (exact) mass is 379 g/mol. The van der Waals surface area contributed by atoms with Gasteiger partial charge in [0.2, 0.25) is 0 Å². The summed E-state index contributed by atoms with van der Waals surface area (Å²) in [5, 5.41) is 24.3. The number of methoxy groups -OCH3 is 2. The largest absolute Gasteiger partial charge is 0.496 e. The predicted octanol–water partition coefficient (Wildman–Crippen LogP) is 3.87. The lowest BCUT2D eigenvalue weighted by atomic mass is 9.93. The van der Waals surface area contributed by atoms with Gasteiger partial charge >= 0.3 is 0 Å². The maximum absolute atomic E-state index is 11.0. The van der Waals surface area contributed by atoms with Gasteiger partial charge in [-0.25, -0.2) is 0 Å². The molecule has 0 amide bonds. The number of nitrogens with one attached hydrogen (secondary N) is 1. The summed E-state index contributed by atoms with van der Waals surface area (Å²) in [6.45, 7) is 4.41. The van der Waals surface area contributed by atoms with Gasteiger partial charge in [0.1, 0.15) is 17.6 Å². The molecule has 2 rings (SSSR count).